The van der Waals surface area contributed by atoms with Crippen LogP contribution in [0.15, 0.2) is 47.5 Å². The third-order valence-electron chi connectivity index (χ3n) is 7.16. The second kappa shape index (κ2) is 9.58. The fourth-order valence-electron chi connectivity index (χ4n) is 5.20. The van der Waals surface area contributed by atoms with Crippen LogP contribution in [0.3, 0.4) is 0 Å². The molecule has 31 heavy (non-hydrogen) atoms. The Balaban J connectivity index is 0.00000231. The highest BCUT2D eigenvalue weighted by molar-refractivity contribution is 5.85. The van der Waals surface area contributed by atoms with Crippen molar-refractivity contribution in [1.82, 2.24) is 19.2 Å². The highest BCUT2D eigenvalue weighted by Gasteiger charge is 2.20. The third-order valence-corrected chi connectivity index (χ3v) is 7.16. The largest absolute Gasteiger partial charge is 0.301 e. The minimum atomic E-state index is 0. The van der Waals surface area contributed by atoms with Crippen molar-refractivity contribution in [1.29, 1.82) is 0 Å². The molecule has 0 atom stereocenters. The van der Waals surface area contributed by atoms with Crippen molar-refractivity contribution in [2.75, 3.05) is 19.6 Å². The van der Waals surface area contributed by atoms with Crippen LogP contribution in [-0.2, 0) is 6.54 Å². The summed E-state index contributed by atoms with van der Waals surface area (Å²) in [5, 5.41) is 5.69. The molecule has 0 bridgehead atoms. The lowest BCUT2D eigenvalue weighted by atomic mass is 9.80. The molecule has 1 saturated carbocycles. The molecule has 1 aliphatic heterocycles. The molecule has 1 aromatic carbocycles. The number of pyridine rings is 1. The Bertz CT molecular complexity index is 1070. The molecular formula is C25H33ClN4O. The van der Waals surface area contributed by atoms with Gasteiger partial charge in [-0.25, -0.2) is 0 Å². The Morgan fingerprint density at radius 1 is 1.00 bits per heavy atom. The van der Waals surface area contributed by atoms with Crippen LogP contribution in [0.4, 0.5) is 0 Å². The summed E-state index contributed by atoms with van der Waals surface area (Å²) < 4.78 is 3.85. The molecule has 3 heterocycles. The Labute approximate surface area is 190 Å². The molecule has 2 aromatic heterocycles. The Morgan fingerprint density at radius 2 is 1.77 bits per heavy atom. The molecule has 2 aliphatic rings. The summed E-state index contributed by atoms with van der Waals surface area (Å²) in [6.45, 7) is 6.72. The van der Waals surface area contributed by atoms with E-state index in [0.717, 1.165) is 35.6 Å². The monoisotopic (exact) mass is 440 g/mol. The van der Waals surface area contributed by atoms with Crippen molar-refractivity contribution in [3.8, 4) is 5.69 Å². The number of hydrogen-bond donors (Lipinski definition) is 0. The lowest BCUT2D eigenvalue weighted by Gasteiger charge is -2.26. The molecule has 0 spiro atoms. The summed E-state index contributed by atoms with van der Waals surface area (Å²) >= 11 is 0. The molecule has 1 saturated heterocycles. The van der Waals surface area contributed by atoms with Crippen molar-refractivity contribution < 1.29 is 0 Å². The zero-order valence-electron chi connectivity index (χ0n) is 18.4. The smallest absolute Gasteiger partial charge is 0.255 e. The maximum Gasteiger partial charge on any atom is 0.255 e. The molecule has 2 fully saturated rings. The van der Waals surface area contributed by atoms with Gasteiger partial charge < -0.3 is 4.90 Å². The van der Waals surface area contributed by atoms with Crippen LogP contribution in [0.25, 0.3) is 16.6 Å². The molecule has 3 aromatic rings. The lowest BCUT2D eigenvalue weighted by molar-refractivity contribution is 0.318. The first-order valence-electron chi connectivity index (χ1n) is 11.6. The van der Waals surface area contributed by atoms with Gasteiger partial charge in [0.05, 0.1) is 18.3 Å². The molecular weight excluding hydrogens is 408 g/mol. The van der Waals surface area contributed by atoms with Gasteiger partial charge in [-0.05, 0) is 80.4 Å². The molecule has 5 rings (SSSR count). The number of aromatic nitrogens is 3. The van der Waals surface area contributed by atoms with Crippen molar-refractivity contribution in [2.45, 2.75) is 57.9 Å². The van der Waals surface area contributed by atoms with Crippen molar-refractivity contribution >= 4 is 23.3 Å². The molecule has 6 heteroatoms. The van der Waals surface area contributed by atoms with Gasteiger partial charge in [-0.3, -0.25) is 14.0 Å². The van der Waals surface area contributed by atoms with E-state index in [0.29, 0.717) is 5.92 Å². The topological polar surface area (TPSA) is 43.1 Å². The average molecular weight is 441 g/mol. The summed E-state index contributed by atoms with van der Waals surface area (Å²) in [7, 11) is 0. The Kier molecular flexibility index (Phi) is 6.83. The van der Waals surface area contributed by atoms with Gasteiger partial charge in [0.15, 0.2) is 0 Å². The minimum absolute atomic E-state index is 0. The van der Waals surface area contributed by atoms with Crippen LogP contribution in [0.2, 0.25) is 0 Å². The van der Waals surface area contributed by atoms with E-state index in [1.54, 1.807) is 4.57 Å². The normalized spacial score (nSPS) is 22.0. The second-order valence-electron chi connectivity index (χ2n) is 9.28. The van der Waals surface area contributed by atoms with Crippen LogP contribution >= 0.6 is 12.4 Å². The van der Waals surface area contributed by atoms with Crippen molar-refractivity contribution in [3.63, 3.8) is 0 Å². The molecule has 0 N–H and O–H groups in total. The summed E-state index contributed by atoms with van der Waals surface area (Å²) in [6.07, 6.45) is 11.5. The first-order chi connectivity index (χ1) is 14.7. The van der Waals surface area contributed by atoms with Crippen LogP contribution in [0, 0.1) is 5.92 Å². The minimum Gasteiger partial charge on any atom is -0.301 e. The van der Waals surface area contributed by atoms with Crippen LogP contribution < -0.4 is 5.56 Å². The van der Waals surface area contributed by atoms with Gasteiger partial charge in [0, 0.05) is 29.9 Å². The van der Waals surface area contributed by atoms with Gasteiger partial charge in [-0.1, -0.05) is 19.8 Å². The highest BCUT2D eigenvalue weighted by Crippen LogP contribution is 2.35. The average Bonchev–Trinajstić information content (AvgIpc) is 3.42. The van der Waals surface area contributed by atoms with Crippen LogP contribution in [0.1, 0.15) is 56.9 Å². The molecule has 0 radical (unpaired) electrons. The van der Waals surface area contributed by atoms with Crippen LogP contribution in [0.5, 0.6) is 0 Å². The molecule has 0 amide bonds. The first kappa shape index (κ1) is 22.1. The van der Waals surface area contributed by atoms with E-state index in [2.05, 4.69) is 39.8 Å². The summed E-state index contributed by atoms with van der Waals surface area (Å²) in [6, 6.07) is 10.2. The fraction of sp³-hybridized carbons (Fsp3) is 0.520. The summed E-state index contributed by atoms with van der Waals surface area (Å²) in [4.78, 5) is 15.4. The predicted molar refractivity (Wildman–Crippen MR) is 129 cm³/mol. The van der Waals surface area contributed by atoms with Crippen LogP contribution in [-0.4, -0.2) is 38.9 Å². The summed E-state index contributed by atoms with van der Waals surface area (Å²) in [5.41, 5.74) is 3.32. The lowest BCUT2D eigenvalue weighted by Crippen LogP contribution is -2.24. The number of benzene rings is 1. The Hall–Kier alpha value is -2.11. The maximum atomic E-state index is 12.9. The molecule has 0 unspecified atom stereocenters. The number of likely N-dealkylation sites (tertiary alicyclic amines) is 1. The molecule has 1 aliphatic carbocycles. The third kappa shape index (κ3) is 4.73. The number of halogens is 1. The van der Waals surface area contributed by atoms with Gasteiger partial charge in [0.25, 0.3) is 5.56 Å². The van der Waals surface area contributed by atoms with Gasteiger partial charge in [0.1, 0.15) is 0 Å². The number of nitrogens with zero attached hydrogens (tertiary/aromatic N) is 4. The standard InChI is InChI=1S/C25H32N4O.ClH/c1-19-4-6-20(7-5-19)21-10-13-28(25(30)17-21)23-8-9-24-22(16-23)18-26-29(24)15-14-27-11-2-3-12-27;/h8-10,13,16-20H,2-7,11-12,14-15H2,1H3;1H. The number of fused-ring (bicyclic) bond motifs is 1. The van der Waals surface area contributed by atoms with Gasteiger partial charge in [0.2, 0.25) is 0 Å². The summed E-state index contributed by atoms with van der Waals surface area (Å²) in [5.74, 6) is 1.37. The van der Waals surface area contributed by atoms with Crippen molar-refractivity contribution in [3.05, 3.63) is 58.6 Å². The predicted octanol–water partition coefficient (Wildman–Crippen LogP) is 5.00. The SMILES string of the molecule is CC1CCC(c2ccn(-c3ccc4c(cnn4CCN4CCCC4)c3)c(=O)c2)CC1.Cl. The zero-order valence-corrected chi connectivity index (χ0v) is 19.2. The van der Waals surface area contributed by atoms with E-state index in [1.165, 1.54) is 57.2 Å². The number of rotatable bonds is 5. The quantitative estimate of drug-likeness (QED) is 0.560. The molecule has 166 valence electrons. The van der Waals surface area contributed by atoms with E-state index in [4.69, 9.17) is 0 Å². The van der Waals surface area contributed by atoms with E-state index < -0.39 is 0 Å². The van der Waals surface area contributed by atoms with E-state index in [1.807, 2.05) is 24.5 Å². The maximum absolute atomic E-state index is 12.9. The second-order valence-corrected chi connectivity index (χ2v) is 9.28. The zero-order chi connectivity index (χ0) is 20.5. The first-order valence-corrected chi connectivity index (χ1v) is 11.6. The fourth-order valence-corrected chi connectivity index (χ4v) is 5.20. The van der Waals surface area contributed by atoms with E-state index >= 15 is 0 Å². The van der Waals surface area contributed by atoms with Gasteiger partial charge >= 0.3 is 0 Å². The van der Waals surface area contributed by atoms with Crippen molar-refractivity contribution in [2.24, 2.45) is 5.92 Å². The van der Waals surface area contributed by atoms with Gasteiger partial charge in [-0.2, -0.15) is 5.10 Å². The highest BCUT2D eigenvalue weighted by atomic mass is 35.5. The van der Waals surface area contributed by atoms with E-state index in [-0.39, 0.29) is 18.0 Å². The molecule has 5 nitrogen and oxygen atoms in total. The van der Waals surface area contributed by atoms with E-state index in [9.17, 15) is 4.79 Å². The van der Waals surface area contributed by atoms with Gasteiger partial charge in [-0.15, -0.1) is 12.4 Å². The Morgan fingerprint density at radius 3 is 2.52 bits per heavy atom. The number of hydrogen-bond acceptors (Lipinski definition) is 3.